The molecule has 3 rings (SSSR count). The summed E-state index contributed by atoms with van der Waals surface area (Å²) in [5.41, 5.74) is 1.06. The van der Waals surface area contributed by atoms with Crippen molar-refractivity contribution in [2.45, 2.75) is 25.7 Å². The van der Waals surface area contributed by atoms with Crippen LogP contribution in [0.15, 0.2) is 30.3 Å². The lowest BCUT2D eigenvalue weighted by atomic mass is 9.97. The second kappa shape index (κ2) is 5.45. The number of nitrogens with zero attached hydrogens (tertiary/aromatic N) is 3. The molecular weight excluding hydrogens is 236 g/mol. The van der Waals surface area contributed by atoms with Gasteiger partial charge in [-0.2, -0.15) is 0 Å². The van der Waals surface area contributed by atoms with Crippen LogP contribution in [0, 0.1) is 6.92 Å². The van der Waals surface area contributed by atoms with Crippen LogP contribution in [0.4, 0.5) is 0 Å². The molecule has 1 aliphatic rings. The minimum atomic E-state index is 0.463. The summed E-state index contributed by atoms with van der Waals surface area (Å²) in [5, 5.41) is 3.37. The Kier molecular flexibility index (Phi) is 3.51. The maximum Gasteiger partial charge on any atom is 0.163 e. The maximum atomic E-state index is 4.68. The first kappa shape index (κ1) is 12.2. The van der Waals surface area contributed by atoms with Gasteiger partial charge in [-0.05, 0) is 32.9 Å². The molecule has 4 heteroatoms. The predicted molar refractivity (Wildman–Crippen MR) is 74.8 cm³/mol. The zero-order valence-corrected chi connectivity index (χ0v) is 11.1. The molecule has 0 radical (unpaired) electrons. The third kappa shape index (κ3) is 2.79. The molecule has 2 heterocycles. The number of piperidine rings is 1. The van der Waals surface area contributed by atoms with E-state index in [1.165, 1.54) is 0 Å². The number of benzene rings is 1. The van der Waals surface area contributed by atoms with Gasteiger partial charge < -0.3 is 5.32 Å². The summed E-state index contributed by atoms with van der Waals surface area (Å²) in [6.45, 7) is 4.05. The number of rotatable bonds is 2. The van der Waals surface area contributed by atoms with Crippen LogP contribution in [0.5, 0.6) is 0 Å². The van der Waals surface area contributed by atoms with Gasteiger partial charge in [-0.1, -0.05) is 30.3 Å². The van der Waals surface area contributed by atoms with Crippen LogP contribution in [-0.2, 0) is 0 Å². The molecule has 19 heavy (non-hydrogen) atoms. The SMILES string of the molecule is Cc1nc(-c2ccccc2)nc(C2CCNCC2)n1. The lowest BCUT2D eigenvalue weighted by molar-refractivity contribution is 0.443. The molecule has 1 aromatic heterocycles. The van der Waals surface area contributed by atoms with Gasteiger partial charge in [-0.3, -0.25) is 0 Å². The van der Waals surface area contributed by atoms with E-state index < -0.39 is 0 Å². The van der Waals surface area contributed by atoms with Gasteiger partial charge in [0.25, 0.3) is 0 Å². The van der Waals surface area contributed by atoms with Gasteiger partial charge >= 0.3 is 0 Å². The first-order valence-electron chi connectivity index (χ1n) is 6.81. The van der Waals surface area contributed by atoms with Crippen LogP contribution >= 0.6 is 0 Å². The van der Waals surface area contributed by atoms with E-state index in [9.17, 15) is 0 Å². The van der Waals surface area contributed by atoms with Crippen LogP contribution in [-0.4, -0.2) is 28.0 Å². The molecule has 0 spiro atoms. The number of aromatic nitrogens is 3. The van der Waals surface area contributed by atoms with E-state index >= 15 is 0 Å². The topological polar surface area (TPSA) is 50.7 Å². The molecule has 1 N–H and O–H groups in total. The molecule has 1 saturated heterocycles. The van der Waals surface area contributed by atoms with E-state index in [2.05, 4.69) is 20.3 Å². The Hall–Kier alpha value is -1.81. The Morgan fingerprint density at radius 3 is 2.47 bits per heavy atom. The van der Waals surface area contributed by atoms with Crippen molar-refractivity contribution in [3.63, 3.8) is 0 Å². The lowest BCUT2D eigenvalue weighted by Gasteiger charge is -2.21. The van der Waals surface area contributed by atoms with Gasteiger partial charge in [0.2, 0.25) is 0 Å². The standard InChI is InChI=1S/C15H18N4/c1-11-17-14(12-5-3-2-4-6-12)19-15(18-11)13-7-9-16-10-8-13/h2-6,13,16H,7-10H2,1H3. The lowest BCUT2D eigenvalue weighted by Crippen LogP contribution is -2.27. The largest absolute Gasteiger partial charge is 0.317 e. The number of hydrogen-bond donors (Lipinski definition) is 1. The number of aryl methyl sites for hydroxylation is 1. The first-order chi connectivity index (χ1) is 9.33. The van der Waals surface area contributed by atoms with Crippen LogP contribution in [0.25, 0.3) is 11.4 Å². The highest BCUT2D eigenvalue weighted by Gasteiger charge is 2.19. The van der Waals surface area contributed by atoms with E-state index in [0.717, 1.165) is 49.0 Å². The highest BCUT2D eigenvalue weighted by Crippen LogP contribution is 2.24. The van der Waals surface area contributed by atoms with E-state index in [0.29, 0.717) is 5.92 Å². The minimum Gasteiger partial charge on any atom is -0.317 e. The predicted octanol–water partition coefficient (Wildman–Crippen LogP) is 2.31. The summed E-state index contributed by atoms with van der Waals surface area (Å²) in [6, 6.07) is 10.1. The highest BCUT2D eigenvalue weighted by atomic mass is 15.0. The van der Waals surface area contributed by atoms with Crippen LogP contribution < -0.4 is 5.32 Å². The van der Waals surface area contributed by atoms with Gasteiger partial charge in [-0.15, -0.1) is 0 Å². The Morgan fingerprint density at radius 2 is 1.74 bits per heavy atom. The Morgan fingerprint density at radius 1 is 1.00 bits per heavy atom. The Labute approximate surface area is 113 Å². The van der Waals surface area contributed by atoms with Crippen molar-refractivity contribution in [2.75, 3.05) is 13.1 Å². The van der Waals surface area contributed by atoms with E-state index in [1.54, 1.807) is 0 Å². The molecule has 0 amide bonds. The molecule has 0 saturated carbocycles. The minimum absolute atomic E-state index is 0.463. The summed E-state index contributed by atoms with van der Waals surface area (Å²) < 4.78 is 0. The van der Waals surface area contributed by atoms with Crippen molar-refractivity contribution >= 4 is 0 Å². The monoisotopic (exact) mass is 254 g/mol. The second-order valence-electron chi connectivity index (χ2n) is 4.95. The van der Waals surface area contributed by atoms with Crippen LogP contribution in [0.1, 0.15) is 30.4 Å². The van der Waals surface area contributed by atoms with Crippen molar-refractivity contribution in [3.8, 4) is 11.4 Å². The smallest absolute Gasteiger partial charge is 0.163 e. The van der Waals surface area contributed by atoms with E-state index in [4.69, 9.17) is 0 Å². The van der Waals surface area contributed by atoms with E-state index in [-0.39, 0.29) is 0 Å². The van der Waals surface area contributed by atoms with Crippen molar-refractivity contribution in [1.29, 1.82) is 0 Å². The van der Waals surface area contributed by atoms with E-state index in [1.807, 2.05) is 37.3 Å². The normalized spacial score (nSPS) is 16.5. The Balaban J connectivity index is 1.96. The molecular formula is C15H18N4. The van der Waals surface area contributed by atoms with Crippen molar-refractivity contribution in [2.24, 2.45) is 0 Å². The summed E-state index contributed by atoms with van der Waals surface area (Å²) >= 11 is 0. The molecule has 0 unspecified atom stereocenters. The van der Waals surface area contributed by atoms with Crippen LogP contribution in [0.3, 0.4) is 0 Å². The fraction of sp³-hybridized carbons (Fsp3) is 0.400. The summed E-state index contributed by atoms with van der Waals surface area (Å²) in [4.78, 5) is 13.7. The average Bonchev–Trinajstić information content (AvgIpc) is 2.48. The third-order valence-electron chi connectivity index (χ3n) is 3.50. The number of nitrogens with one attached hydrogen (secondary N) is 1. The van der Waals surface area contributed by atoms with Gasteiger partial charge in [0.15, 0.2) is 5.82 Å². The van der Waals surface area contributed by atoms with Gasteiger partial charge in [0.1, 0.15) is 11.6 Å². The maximum absolute atomic E-state index is 4.68. The summed E-state index contributed by atoms with van der Waals surface area (Å²) in [5.74, 6) is 3.02. The fourth-order valence-electron chi connectivity index (χ4n) is 2.48. The summed E-state index contributed by atoms with van der Waals surface area (Å²) in [6.07, 6.45) is 2.22. The molecule has 1 aliphatic heterocycles. The average molecular weight is 254 g/mol. The molecule has 2 aromatic rings. The quantitative estimate of drug-likeness (QED) is 0.893. The summed E-state index contributed by atoms with van der Waals surface area (Å²) in [7, 11) is 0. The highest BCUT2D eigenvalue weighted by molar-refractivity contribution is 5.54. The zero-order chi connectivity index (χ0) is 13.1. The van der Waals surface area contributed by atoms with Crippen LogP contribution in [0.2, 0.25) is 0 Å². The second-order valence-corrected chi connectivity index (χ2v) is 4.95. The Bertz CT molecular complexity index is 547. The molecule has 1 aromatic carbocycles. The fourth-order valence-corrected chi connectivity index (χ4v) is 2.48. The third-order valence-corrected chi connectivity index (χ3v) is 3.50. The molecule has 0 aliphatic carbocycles. The molecule has 4 nitrogen and oxygen atoms in total. The van der Waals surface area contributed by atoms with Crippen molar-refractivity contribution in [1.82, 2.24) is 20.3 Å². The molecule has 1 fully saturated rings. The van der Waals surface area contributed by atoms with Gasteiger partial charge in [-0.25, -0.2) is 15.0 Å². The van der Waals surface area contributed by atoms with Gasteiger partial charge in [0.05, 0.1) is 0 Å². The van der Waals surface area contributed by atoms with Crippen molar-refractivity contribution < 1.29 is 0 Å². The first-order valence-corrected chi connectivity index (χ1v) is 6.81. The van der Waals surface area contributed by atoms with Gasteiger partial charge in [0, 0.05) is 11.5 Å². The number of hydrogen-bond acceptors (Lipinski definition) is 4. The van der Waals surface area contributed by atoms with Crippen molar-refractivity contribution in [3.05, 3.63) is 42.0 Å². The molecule has 98 valence electrons. The molecule has 0 bridgehead atoms. The molecule has 0 atom stereocenters. The zero-order valence-electron chi connectivity index (χ0n) is 11.1.